The smallest absolute Gasteiger partial charge is 0.323 e. The van der Waals surface area contributed by atoms with Gasteiger partial charge in [-0.1, -0.05) is 0 Å². The van der Waals surface area contributed by atoms with E-state index >= 15 is 0 Å². The van der Waals surface area contributed by atoms with Gasteiger partial charge in [-0.25, -0.2) is 0 Å². The fourth-order valence-corrected chi connectivity index (χ4v) is 1.84. The summed E-state index contributed by atoms with van der Waals surface area (Å²) in [5.41, 5.74) is -0.658. The van der Waals surface area contributed by atoms with Gasteiger partial charge in [-0.05, 0) is 32.4 Å². The lowest BCUT2D eigenvalue weighted by atomic mass is 10.00. The van der Waals surface area contributed by atoms with Crippen LogP contribution in [0.4, 0.5) is 0 Å². The summed E-state index contributed by atoms with van der Waals surface area (Å²) in [5, 5.41) is 9.00. The van der Waals surface area contributed by atoms with Crippen molar-refractivity contribution in [3.05, 3.63) is 0 Å². The fourth-order valence-electron chi connectivity index (χ4n) is 0.823. The van der Waals surface area contributed by atoms with Crippen molar-refractivity contribution in [1.29, 1.82) is 0 Å². The van der Waals surface area contributed by atoms with Crippen LogP contribution in [0.3, 0.4) is 0 Å². The van der Waals surface area contributed by atoms with Gasteiger partial charge in [-0.2, -0.15) is 11.8 Å². The zero-order valence-electron chi connectivity index (χ0n) is 8.13. The molecule has 5 heteroatoms. The van der Waals surface area contributed by atoms with Gasteiger partial charge in [-0.15, -0.1) is 0 Å². The Morgan fingerprint density at radius 3 is 2.50 bits per heavy atom. The Balaban J connectivity index is 4.29. The molecular formula is C7H17NO2SSi. The predicted octanol–water partition coefficient (Wildman–Crippen LogP) is -0.205. The first-order valence-electron chi connectivity index (χ1n) is 3.85. The highest BCUT2D eigenvalue weighted by atomic mass is 32.2. The van der Waals surface area contributed by atoms with E-state index in [9.17, 15) is 4.79 Å². The molecule has 0 aromatic rings. The van der Waals surface area contributed by atoms with Gasteiger partial charge < -0.3 is 9.67 Å². The minimum atomic E-state index is -0.714. The summed E-state index contributed by atoms with van der Waals surface area (Å²) in [5.74, 6) is 0.184. The Morgan fingerprint density at radius 2 is 2.25 bits per heavy atom. The molecule has 0 saturated heterocycles. The minimum Gasteiger partial charge on any atom is -0.480 e. The molecule has 0 saturated carbocycles. The lowest BCUT2D eigenvalue weighted by Gasteiger charge is -2.32. The van der Waals surface area contributed by atoms with Crippen LogP contribution in [-0.4, -0.2) is 50.6 Å². The summed E-state index contributed by atoms with van der Waals surface area (Å²) in [6, 6.07) is 0. The van der Waals surface area contributed by atoms with Gasteiger partial charge >= 0.3 is 5.97 Å². The molecule has 0 aliphatic heterocycles. The van der Waals surface area contributed by atoms with E-state index in [4.69, 9.17) is 5.11 Å². The molecule has 1 N–H and O–H groups in total. The topological polar surface area (TPSA) is 40.5 Å². The van der Waals surface area contributed by atoms with E-state index < -0.39 is 11.5 Å². The maximum atomic E-state index is 10.9. The Morgan fingerprint density at radius 1 is 1.75 bits per heavy atom. The van der Waals surface area contributed by atoms with E-state index in [1.165, 1.54) is 0 Å². The summed E-state index contributed by atoms with van der Waals surface area (Å²) in [6.07, 6.45) is 2.71. The molecule has 0 rings (SSSR count). The number of rotatable bonds is 5. The molecule has 0 heterocycles. The zero-order valence-corrected chi connectivity index (χ0v) is 10.9. The number of carboxylic acids is 1. The van der Waals surface area contributed by atoms with Crippen molar-refractivity contribution in [2.75, 3.05) is 19.1 Å². The van der Waals surface area contributed by atoms with Crippen LogP contribution in [0, 0.1) is 0 Å². The lowest BCUT2D eigenvalue weighted by molar-refractivity contribution is -0.147. The average molecular weight is 207 g/mol. The van der Waals surface area contributed by atoms with E-state index in [0.717, 1.165) is 16.2 Å². The monoisotopic (exact) mass is 207 g/mol. The van der Waals surface area contributed by atoms with Crippen LogP contribution in [0.2, 0.25) is 0 Å². The molecule has 0 spiro atoms. The van der Waals surface area contributed by atoms with Crippen LogP contribution >= 0.6 is 11.8 Å². The SMILES string of the molecule is CSCCC(C)(C(=O)O)N(C)[SiH3]. The molecule has 0 bridgehead atoms. The number of thioether (sulfide) groups is 1. The summed E-state index contributed by atoms with van der Waals surface area (Å²) in [7, 11) is 2.65. The van der Waals surface area contributed by atoms with E-state index in [1.54, 1.807) is 18.7 Å². The minimum absolute atomic E-state index is 0.658. The molecule has 0 fully saturated rings. The van der Waals surface area contributed by atoms with E-state index in [1.807, 2.05) is 17.9 Å². The molecule has 12 heavy (non-hydrogen) atoms. The molecule has 1 unspecified atom stereocenters. The second-order valence-corrected chi connectivity index (χ2v) is 5.54. The number of nitrogens with zero attached hydrogens (tertiary/aromatic N) is 1. The number of hydrogen-bond donors (Lipinski definition) is 1. The maximum Gasteiger partial charge on any atom is 0.323 e. The predicted molar refractivity (Wildman–Crippen MR) is 56.7 cm³/mol. The van der Waals surface area contributed by atoms with E-state index in [0.29, 0.717) is 6.42 Å². The van der Waals surface area contributed by atoms with E-state index in [2.05, 4.69) is 0 Å². The molecule has 0 aromatic carbocycles. The first kappa shape index (κ1) is 12.0. The Kier molecular flexibility index (Phi) is 4.89. The summed E-state index contributed by atoms with van der Waals surface area (Å²) in [6.45, 7) is 1.79. The van der Waals surface area contributed by atoms with Gasteiger partial charge in [0.25, 0.3) is 0 Å². The second kappa shape index (κ2) is 4.89. The zero-order chi connectivity index (χ0) is 9.78. The Hall–Kier alpha value is -0.00312. The molecule has 1 atom stereocenters. The number of carbonyl (C=O) groups is 1. The summed E-state index contributed by atoms with van der Waals surface area (Å²) < 4.78 is 1.89. The van der Waals surface area contributed by atoms with Crippen molar-refractivity contribution in [1.82, 2.24) is 4.57 Å². The van der Waals surface area contributed by atoms with Gasteiger partial charge in [0.05, 0.1) is 10.4 Å². The summed E-state index contributed by atoms with van der Waals surface area (Å²) in [4.78, 5) is 10.9. The van der Waals surface area contributed by atoms with Crippen molar-refractivity contribution >= 4 is 28.1 Å². The number of hydrogen-bond acceptors (Lipinski definition) is 3. The van der Waals surface area contributed by atoms with Crippen LogP contribution in [0.5, 0.6) is 0 Å². The first-order chi connectivity index (χ1) is 5.45. The van der Waals surface area contributed by atoms with E-state index in [-0.39, 0.29) is 0 Å². The van der Waals surface area contributed by atoms with Crippen molar-refractivity contribution in [2.45, 2.75) is 18.9 Å². The third-order valence-corrected chi connectivity index (χ3v) is 3.84. The van der Waals surface area contributed by atoms with Crippen LogP contribution < -0.4 is 0 Å². The quantitative estimate of drug-likeness (QED) is 0.634. The van der Waals surface area contributed by atoms with Gasteiger partial charge in [0.1, 0.15) is 5.54 Å². The Labute approximate surface area is 81.0 Å². The van der Waals surface area contributed by atoms with Gasteiger partial charge in [0, 0.05) is 0 Å². The molecule has 0 aromatic heterocycles. The fraction of sp³-hybridized carbons (Fsp3) is 0.857. The molecule has 0 amide bonds. The van der Waals surface area contributed by atoms with Crippen molar-refractivity contribution in [2.24, 2.45) is 0 Å². The van der Waals surface area contributed by atoms with Crippen LogP contribution in [0.1, 0.15) is 13.3 Å². The molecular weight excluding hydrogens is 190 g/mol. The normalized spacial score (nSPS) is 16.3. The van der Waals surface area contributed by atoms with Crippen molar-refractivity contribution < 1.29 is 9.90 Å². The van der Waals surface area contributed by atoms with Crippen LogP contribution in [0.15, 0.2) is 0 Å². The Bertz CT molecular complexity index is 165. The van der Waals surface area contributed by atoms with Crippen LogP contribution in [0.25, 0.3) is 0 Å². The molecule has 3 nitrogen and oxygen atoms in total. The highest BCUT2D eigenvalue weighted by Crippen LogP contribution is 2.18. The summed E-state index contributed by atoms with van der Waals surface area (Å²) >= 11 is 1.69. The molecule has 0 aliphatic rings. The maximum absolute atomic E-state index is 10.9. The number of likely N-dealkylation sites (N-methyl/N-ethyl adjacent to an activating group) is 1. The highest BCUT2D eigenvalue weighted by Gasteiger charge is 2.34. The highest BCUT2D eigenvalue weighted by molar-refractivity contribution is 7.98. The third kappa shape index (κ3) is 2.80. The molecule has 0 radical (unpaired) electrons. The number of carboxylic acid groups (broad SMARTS) is 1. The molecule has 0 aliphatic carbocycles. The van der Waals surface area contributed by atoms with Crippen molar-refractivity contribution in [3.63, 3.8) is 0 Å². The van der Waals surface area contributed by atoms with Crippen molar-refractivity contribution in [3.8, 4) is 0 Å². The molecule has 72 valence electrons. The standard InChI is InChI=1S/C7H17NO2SSi/c1-7(6(9)10,8(2)12)4-5-11-3/h4-5H2,1-3,12H3,(H,9,10). The second-order valence-electron chi connectivity index (χ2n) is 3.22. The lowest BCUT2D eigenvalue weighted by Crippen LogP contribution is -2.49. The van der Waals surface area contributed by atoms with Gasteiger partial charge in [0.2, 0.25) is 0 Å². The first-order valence-corrected chi connectivity index (χ1v) is 6.13. The third-order valence-electron chi connectivity index (χ3n) is 2.24. The van der Waals surface area contributed by atoms with Gasteiger partial charge in [-0.3, -0.25) is 4.79 Å². The number of aliphatic carboxylic acids is 1. The van der Waals surface area contributed by atoms with Gasteiger partial charge in [0.15, 0.2) is 0 Å². The van der Waals surface area contributed by atoms with Crippen LogP contribution in [-0.2, 0) is 4.79 Å². The largest absolute Gasteiger partial charge is 0.480 e. The average Bonchev–Trinajstić information content (AvgIpc) is 1.99.